The molecule has 0 saturated heterocycles. The third-order valence-corrected chi connectivity index (χ3v) is 4.95. The van der Waals surface area contributed by atoms with Gasteiger partial charge in [0.2, 0.25) is 5.89 Å². The Morgan fingerprint density at radius 3 is 2.46 bits per heavy atom. The Labute approximate surface area is 168 Å². The quantitative estimate of drug-likeness (QED) is 0.619. The van der Waals surface area contributed by atoms with Gasteiger partial charge in [-0.15, -0.1) is 0 Å². The summed E-state index contributed by atoms with van der Waals surface area (Å²) in [6, 6.07) is 8.63. The van der Waals surface area contributed by atoms with Crippen molar-refractivity contribution in [1.82, 2.24) is 15.2 Å². The van der Waals surface area contributed by atoms with Crippen molar-refractivity contribution in [2.24, 2.45) is 0 Å². The van der Waals surface area contributed by atoms with Gasteiger partial charge in [0.05, 0.1) is 13.2 Å². The first-order valence-corrected chi connectivity index (χ1v) is 10.2. The van der Waals surface area contributed by atoms with Gasteiger partial charge in [0, 0.05) is 18.6 Å². The molecule has 1 N–H and O–H groups in total. The molecule has 6 heteroatoms. The van der Waals surface area contributed by atoms with Crippen LogP contribution in [-0.2, 0) is 13.1 Å². The molecule has 2 aromatic rings. The van der Waals surface area contributed by atoms with Gasteiger partial charge in [-0.1, -0.05) is 26.0 Å². The van der Waals surface area contributed by atoms with Gasteiger partial charge in [-0.05, 0) is 51.3 Å². The Balaban J connectivity index is 2.05. The molecule has 28 heavy (non-hydrogen) atoms. The molecule has 0 fully saturated rings. The maximum absolute atomic E-state index is 12.2. The van der Waals surface area contributed by atoms with Gasteiger partial charge in [0.15, 0.2) is 5.69 Å². The van der Waals surface area contributed by atoms with E-state index < -0.39 is 0 Å². The van der Waals surface area contributed by atoms with E-state index in [1.807, 2.05) is 32.9 Å². The number of nitrogens with one attached hydrogen (secondary N) is 1. The van der Waals surface area contributed by atoms with Gasteiger partial charge >= 0.3 is 0 Å². The van der Waals surface area contributed by atoms with Crippen molar-refractivity contribution in [1.29, 1.82) is 0 Å². The number of aromatic nitrogens is 1. The number of nitrogens with zero attached hydrogens (tertiary/aromatic N) is 2. The van der Waals surface area contributed by atoms with Crippen LogP contribution in [0.15, 0.2) is 34.9 Å². The third kappa shape index (κ3) is 6.37. The lowest BCUT2D eigenvalue weighted by atomic mass is 10.1. The summed E-state index contributed by atoms with van der Waals surface area (Å²) in [4.78, 5) is 18.9. The van der Waals surface area contributed by atoms with Crippen LogP contribution in [0, 0.1) is 0 Å². The van der Waals surface area contributed by atoms with E-state index in [0.29, 0.717) is 30.8 Å². The van der Waals surface area contributed by atoms with E-state index in [0.717, 1.165) is 25.1 Å². The predicted octanol–water partition coefficient (Wildman–Crippen LogP) is 4.40. The van der Waals surface area contributed by atoms with Crippen molar-refractivity contribution in [3.63, 3.8) is 0 Å². The predicted molar refractivity (Wildman–Crippen MR) is 110 cm³/mol. The summed E-state index contributed by atoms with van der Waals surface area (Å²) in [5.41, 5.74) is 1.53. The molecule has 1 aromatic carbocycles. The molecule has 2 atom stereocenters. The van der Waals surface area contributed by atoms with Gasteiger partial charge in [0.1, 0.15) is 12.0 Å². The van der Waals surface area contributed by atoms with E-state index in [2.05, 4.69) is 41.2 Å². The van der Waals surface area contributed by atoms with Crippen LogP contribution in [0.25, 0.3) is 0 Å². The maximum Gasteiger partial charge on any atom is 0.273 e. The van der Waals surface area contributed by atoms with Crippen molar-refractivity contribution >= 4 is 5.91 Å². The lowest BCUT2D eigenvalue weighted by molar-refractivity contribution is 0.0934. The minimum Gasteiger partial charge on any atom is -0.494 e. The molecular formula is C22H33N3O3. The molecular weight excluding hydrogens is 354 g/mol. The van der Waals surface area contributed by atoms with Crippen LogP contribution in [0.2, 0.25) is 0 Å². The Hall–Kier alpha value is -2.34. The number of amides is 1. The van der Waals surface area contributed by atoms with Crippen LogP contribution >= 0.6 is 0 Å². The van der Waals surface area contributed by atoms with Crippen molar-refractivity contribution in [2.75, 3.05) is 6.61 Å². The van der Waals surface area contributed by atoms with E-state index in [-0.39, 0.29) is 11.9 Å². The summed E-state index contributed by atoms with van der Waals surface area (Å²) in [6.07, 6.45) is 3.33. The molecule has 0 bridgehead atoms. The van der Waals surface area contributed by atoms with Crippen LogP contribution in [0.1, 0.15) is 69.4 Å². The van der Waals surface area contributed by atoms with Crippen molar-refractivity contribution < 1.29 is 13.9 Å². The largest absolute Gasteiger partial charge is 0.494 e. The van der Waals surface area contributed by atoms with Crippen molar-refractivity contribution in [3.05, 3.63) is 47.7 Å². The fourth-order valence-electron chi connectivity index (χ4n) is 2.78. The number of benzene rings is 1. The van der Waals surface area contributed by atoms with Crippen LogP contribution in [0.5, 0.6) is 5.75 Å². The van der Waals surface area contributed by atoms with Crippen LogP contribution in [0.4, 0.5) is 0 Å². The normalized spacial score (nSPS) is 13.4. The highest BCUT2D eigenvalue weighted by molar-refractivity contribution is 5.92. The Morgan fingerprint density at radius 2 is 1.86 bits per heavy atom. The summed E-state index contributed by atoms with van der Waals surface area (Å²) < 4.78 is 11.1. The third-order valence-electron chi connectivity index (χ3n) is 4.95. The first-order valence-electron chi connectivity index (χ1n) is 10.2. The topological polar surface area (TPSA) is 67.6 Å². The average Bonchev–Trinajstić information content (AvgIpc) is 3.17. The Kier molecular flexibility index (Phi) is 8.51. The molecule has 0 saturated carbocycles. The van der Waals surface area contributed by atoms with E-state index in [4.69, 9.17) is 9.15 Å². The van der Waals surface area contributed by atoms with Crippen LogP contribution in [-0.4, -0.2) is 34.5 Å². The fraction of sp³-hybridized carbons (Fsp3) is 0.545. The van der Waals surface area contributed by atoms with Gasteiger partial charge in [-0.25, -0.2) is 4.98 Å². The number of ether oxygens (including phenoxy) is 1. The van der Waals surface area contributed by atoms with Crippen LogP contribution < -0.4 is 10.1 Å². The smallest absolute Gasteiger partial charge is 0.273 e. The zero-order valence-corrected chi connectivity index (χ0v) is 17.7. The van der Waals surface area contributed by atoms with Gasteiger partial charge in [-0.3, -0.25) is 9.69 Å². The molecule has 6 nitrogen and oxygen atoms in total. The van der Waals surface area contributed by atoms with Crippen molar-refractivity contribution in [2.45, 2.75) is 72.6 Å². The molecule has 2 rings (SSSR count). The second kappa shape index (κ2) is 10.9. The van der Waals surface area contributed by atoms with Crippen molar-refractivity contribution in [3.8, 4) is 5.75 Å². The molecule has 0 aliphatic heterocycles. The van der Waals surface area contributed by atoms with Gasteiger partial charge in [0.25, 0.3) is 5.91 Å². The second-order valence-electron chi connectivity index (χ2n) is 7.15. The summed E-state index contributed by atoms with van der Waals surface area (Å²) >= 11 is 0. The van der Waals surface area contributed by atoms with Gasteiger partial charge < -0.3 is 14.5 Å². The zero-order chi connectivity index (χ0) is 20.5. The minimum atomic E-state index is -0.189. The first kappa shape index (κ1) is 22.0. The highest BCUT2D eigenvalue weighted by Crippen LogP contribution is 2.18. The maximum atomic E-state index is 12.2. The SMILES string of the molecule is CCOc1ccc(CN(Cc2nc(C(=O)N[C@H](C)CC)co2)[C@H](C)CC)cc1. The van der Waals surface area contributed by atoms with E-state index >= 15 is 0 Å². The standard InChI is InChI=1S/C22H33N3O3/c1-6-16(4)23-22(26)20-15-28-21(24-20)14-25(17(5)7-2)13-18-9-11-19(12-10-18)27-8-3/h9-12,15-17H,6-8,13-14H2,1-5H3,(H,23,26)/t16-,17-/m1/s1. The molecule has 0 radical (unpaired) electrons. The lowest BCUT2D eigenvalue weighted by Crippen LogP contribution is -2.33. The molecule has 1 amide bonds. The number of carbonyl (C=O) groups is 1. The Bertz CT molecular complexity index is 727. The highest BCUT2D eigenvalue weighted by atomic mass is 16.5. The molecule has 154 valence electrons. The number of rotatable bonds is 11. The molecule has 0 aliphatic rings. The van der Waals surface area contributed by atoms with Gasteiger partial charge in [-0.2, -0.15) is 0 Å². The minimum absolute atomic E-state index is 0.115. The fourth-order valence-corrected chi connectivity index (χ4v) is 2.78. The lowest BCUT2D eigenvalue weighted by Gasteiger charge is -2.27. The number of carbonyl (C=O) groups excluding carboxylic acids is 1. The summed E-state index contributed by atoms with van der Waals surface area (Å²) in [5.74, 6) is 1.25. The summed E-state index contributed by atoms with van der Waals surface area (Å²) in [6.45, 7) is 12.3. The monoisotopic (exact) mass is 387 g/mol. The molecule has 0 spiro atoms. The second-order valence-corrected chi connectivity index (χ2v) is 7.15. The molecule has 0 unspecified atom stereocenters. The molecule has 1 aromatic heterocycles. The summed E-state index contributed by atoms with van der Waals surface area (Å²) in [7, 11) is 0. The zero-order valence-electron chi connectivity index (χ0n) is 17.7. The first-order chi connectivity index (χ1) is 13.5. The van der Waals surface area contributed by atoms with E-state index in [1.54, 1.807) is 0 Å². The van der Waals surface area contributed by atoms with Crippen LogP contribution in [0.3, 0.4) is 0 Å². The van der Waals surface area contributed by atoms with E-state index in [1.165, 1.54) is 11.8 Å². The highest BCUT2D eigenvalue weighted by Gasteiger charge is 2.19. The van der Waals surface area contributed by atoms with E-state index in [9.17, 15) is 4.79 Å². The molecule has 1 heterocycles. The Morgan fingerprint density at radius 1 is 1.14 bits per heavy atom. The number of oxazole rings is 1. The number of hydrogen-bond donors (Lipinski definition) is 1. The molecule has 0 aliphatic carbocycles. The average molecular weight is 388 g/mol. The summed E-state index contributed by atoms with van der Waals surface area (Å²) in [5, 5.41) is 2.91. The number of hydrogen-bond acceptors (Lipinski definition) is 5.